The molecular formula is C19H29N3O2. The first kappa shape index (κ1) is 18.6. The minimum atomic E-state index is -0.0256. The van der Waals surface area contributed by atoms with Crippen LogP contribution < -0.4 is 0 Å². The number of hydrogen-bond acceptors (Lipinski definition) is 4. The molecule has 0 aliphatic carbocycles. The van der Waals surface area contributed by atoms with E-state index in [2.05, 4.69) is 24.1 Å². The van der Waals surface area contributed by atoms with Gasteiger partial charge in [-0.2, -0.15) is 0 Å². The first-order valence-corrected chi connectivity index (χ1v) is 8.42. The number of rotatable bonds is 6. The number of amides is 1. The first-order valence-electron chi connectivity index (χ1n) is 8.42. The molecule has 0 N–H and O–H groups in total. The van der Waals surface area contributed by atoms with Crippen molar-refractivity contribution in [3.63, 3.8) is 0 Å². The van der Waals surface area contributed by atoms with E-state index < -0.39 is 0 Å². The molecule has 1 amide bonds. The van der Waals surface area contributed by atoms with Gasteiger partial charge in [0.1, 0.15) is 0 Å². The Bertz CT molecular complexity index is 545. The molecule has 0 bridgehead atoms. The molecule has 0 saturated carbocycles. The molecule has 1 saturated heterocycles. The molecule has 5 nitrogen and oxygen atoms in total. The SMILES string of the molecule is CN(C)C/C=C/C(=O)N(C)CC1OCCN(C)C1c1ccccc1. The Morgan fingerprint density at radius 1 is 1.29 bits per heavy atom. The highest BCUT2D eigenvalue weighted by molar-refractivity contribution is 5.87. The van der Waals surface area contributed by atoms with Gasteiger partial charge in [-0.3, -0.25) is 9.69 Å². The Balaban J connectivity index is 2.02. The number of ether oxygens (including phenoxy) is 1. The van der Waals surface area contributed by atoms with Crippen molar-refractivity contribution < 1.29 is 9.53 Å². The Morgan fingerprint density at radius 2 is 2.00 bits per heavy atom. The molecule has 0 aromatic heterocycles. The molecule has 1 aromatic rings. The molecule has 1 aliphatic heterocycles. The van der Waals surface area contributed by atoms with E-state index >= 15 is 0 Å². The van der Waals surface area contributed by atoms with E-state index in [9.17, 15) is 4.79 Å². The van der Waals surface area contributed by atoms with Gasteiger partial charge in [-0.1, -0.05) is 36.4 Å². The molecule has 2 rings (SSSR count). The summed E-state index contributed by atoms with van der Waals surface area (Å²) in [7, 11) is 7.91. The van der Waals surface area contributed by atoms with Crippen LogP contribution in [0.1, 0.15) is 11.6 Å². The van der Waals surface area contributed by atoms with Gasteiger partial charge in [0.25, 0.3) is 0 Å². The van der Waals surface area contributed by atoms with Crippen LogP contribution in [0.4, 0.5) is 0 Å². The third-order valence-electron chi connectivity index (χ3n) is 4.31. The quantitative estimate of drug-likeness (QED) is 0.743. The van der Waals surface area contributed by atoms with Crippen molar-refractivity contribution in [1.82, 2.24) is 14.7 Å². The number of hydrogen-bond donors (Lipinski definition) is 0. The molecule has 132 valence electrons. The van der Waals surface area contributed by atoms with Gasteiger partial charge < -0.3 is 14.5 Å². The normalized spacial score (nSPS) is 22.2. The van der Waals surface area contributed by atoms with Crippen LogP contribution in [0.3, 0.4) is 0 Å². The fourth-order valence-electron chi connectivity index (χ4n) is 2.99. The molecule has 2 unspecified atom stereocenters. The van der Waals surface area contributed by atoms with Gasteiger partial charge in [0.05, 0.1) is 18.8 Å². The van der Waals surface area contributed by atoms with E-state index in [-0.39, 0.29) is 18.1 Å². The second-order valence-corrected chi connectivity index (χ2v) is 6.63. The van der Waals surface area contributed by atoms with E-state index in [4.69, 9.17) is 4.74 Å². The second kappa shape index (κ2) is 8.97. The van der Waals surface area contributed by atoms with Gasteiger partial charge >= 0.3 is 0 Å². The predicted octanol–water partition coefficient (Wildman–Crippen LogP) is 1.63. The van der Waals surface area contributed by atoms with E-state index in [1.165, 1.54) is 5.56 Å². The number of likely N-dealkylation sites (N-methyl/N-ethyl adjacent to an activating group) is 3. The van der Waals surface area contributed by atoms with Crippen LogP contribution in [0.2, 0.25) is 0 Å². The standard InChI is InChI=1S/C19H29N3O2/c1-20(2)12-8-11-18(23)22(4)15-17-19(21(3)13-14-24-17)16-9-6-5-7-10-16/h5-11,17,19H,12-15H2,1-4H3/b11-8+. The van der Waals surface area contributed by atoms with Crippen LogP contribution in [0.15, 0.2) is 42.5 Å². The average molecular weight is 331 g/mol. The Labute approximate surface area is 145 Å². The lowest BCUT2D eigenvalue weighted by Crippen LogP contribution is -2.48. The van der Waals surface area contributed by atoms with Crippen molar-refractivity contribution >= 4 is 5.91 Å². The van der Waals surface area contributed by atoms with E-state index in [0.717, 1.165) is 13.1 Å². The van der Waals surface area contributed by atoms with Gasteiger partial charge in [-0.05, 0) is 26.7 Å². The maximum absolute atomic E-state index is 12.3. The topological polar surface area (TPSA) is 36.0 Å². The minimum absolute atomic E-state index is 0.0143. The second-order valence-electron chi connectivity index (χ2n) is 6.63. The summed E-state index contributed by atoms with van der Waals surface area (Å²) in [4.78, 5) is 18.3. The first-order chi connectivity index (χ1) is 11.5. The summed E-state index contributed by atoms with van der Waals surface area (Å²) in [5.74, 6) is 0.0143. The number of carbonyl (C=O) groups excluding carboxylic acids is 1. The van der Waals surface area contributed by atoms with Crippen molar-refractivity contribution in [3.8, 4) is 0 Å². The van der Waals surface area contributed by atoms with Crippen molar-refractivity contribution in [2.24, 2.45) is 0 Å². The minimum Gasteiger partial charge on any atom is -0.373 e. The van der Waals surface area contributed by atoms with Crippen molar-refractivity contribution in [1.29, 1.82) is 0 Å². The number of benzene rings is 1. The highest BCUT2D eigenvalue weighted by atomic mass is 16.5. The highest BCUT2D eigenvalue weighted by Gasteiger charge is 2.32. The van der Waals surface area contributed by atoms with Crippen LogP contribution in [0.25, 0.3) is 0 Å². The molecule has 1 aromatic carbocycles. The van der Waals surface area contributed by atoms with Crippen LogP contribution >= 0.6 is 0 Å². The molecule has 1 aliphatic rings. The van der Waals surface area contributed by atoms with Gasteiger partial charge in [-0.15, -0.1) is 0 Å². The number of nitrogens with zero attached hydrogens (tertiary/aromatic N) is 3. The summed E-state index contributed by atoms with van der Waals surface area (Å²) < 4.78 is 6.01. The van der Waals surface area contributed by atoms with Gasteiger partial charge in [0.2, 0.25) is 5.91 Å². The molecule has 24 heavy (non-hydrogen) atoms. The zero-order valence-corrected chi connectivity index (χ0v) is 15.2. The Hall–Kier alpha value is -1.69. The van der Waals surface area contributed by atoms with Crippen LogP contribution in [0.5, 0.6) is 0 Å². The van der Waals surface area contributed by atoms with E-state index in [1.54, 1.807) is 11.0 Å². The summed E-state index contributed by atoms with van der Waals surface area (Å²) in [6.07, 6.45) is 3.51. The lowest BCUT2D eigenvalue weighted by atomic mass is 9.98. The van der Waals surface area contributed by atoms with Crippen LogP contribution in [0, 0.1) is 0 Å². The Morgan fingerprint density at radius 3 is 2.67 bits per heavy atom. The van der Waals surface area contributed by atoms with Gasteiger partial charge in [-0.25, -0.2) is 0 Å². The third-order valence-corrected chi connectivity index (χ3v) is 4.31. The number of carbonyl (C=O) groups is 1. The van der Waals surface area contributed by atoms with Gasteiger partial charge in [0.15, 0.2) is 0 Å². The molecule has 1 heterocycles. The summed E-state index contributed by atoms with van der Waals surface area (Å²) in [5, 5.41) is 0. The fourth-order valence-corrected chi connectivity index (χ4v) is 2.99. The Kier molecular flexibility index (Phi) is 6.97. The fraction of sp³-hybridized carbons (Fsp3) is 0.526. The van der Waals surface area contributed by atoms with Gasteiger partial charge in [0, 0.05) is 32.8 Å². The lowest BCUT2D eigenvalue weighted by molar-refractivity contribution is -0.129. The summed E-state index contributed by atoms with van der Waals surface area (Å²) in [5.41, 5.74) is 1.23. The maximum atomic E-state index is 12.3. The molecule has 2 atom stereocenters. The van der Waals surface area contributed by atoms with E-state index in [1.807, 2.05) is 50.3 Å². The molecule has 5 heteroatoms. The largest absolute Gasteiger partial charge is 0.373 e. The van der Waals surface area contributed by atoms with E-state index in [0.29, 0.717) is 13.2 Å². The predicted molar refractivity (Wildman–Crippen MR) is 96.9 cm³/mol. The summed E-state index contributed by atoms with van der Waals surface area (Å²) in [6, 6.07) is 10.5. The van der Waals surface area contributed by atoms with Crippen LogP contribution in [-0.2, 0) is 9.53 Å². The maximum Gasteiger partial charge on any atom is 0.246 e. The smallest absolute Gasteiger partial charge is 0.246 e. The third kappa shape index (κ3) is 5.16. The zero-order chi connectivity index (χ0) is 17.5. The van der Waals surface area contributed by atoms with Crippen molar-refractivity contribution in [3.05, 3.63) is 48.0 Å². The zero-order valence-electron chi connectivity index (χ0n) is 15.2. The average Bonchev–Trinajstić information content (AvgIpc) is 2.55. The molecule has 0 spiro atoms. The molecule has 0 radical (unpaired) electrons. The monoisotopic (exact) mass is 331 g/mol. The van der Waals surface area contributed by atoms with Crippen LogP contribution in [-0.4, -0.2) is 81.1 Å². The lowest BCUT2D eigenvalue weighted by Gasteiger charge is -2.40. The number of morpholine rings is 1. The summed E-state index contributed by atoms with van der Waals surface area (Å²) in [6.45, 7) is 2.93. The van der Waals surface area contributed by atoms with Crippen molar-refractivity contribution in [2.75, 3.05) is 54.4 Å². The van der Waals surface area contributed by atoms with Crippen molar-refractivity contribution in [2.45, 2.75) is 12.1 Å². The summed E-state index contributed by atoms with van der Waals surface area (Å²) >= 11 is 0. The molecular weight excluding hydrogens is 302 g/mol. The highest BCUT2D eigenvalue weighted by Crippen LogP contribution is 2.28. The molecule has 1 fully saturated rings.